The van der Waals surface area contributed by atoms with Gasteiger partial charge in [0.25, 0.3) is 34.6 Å². The summed E-state index contributed by atoms with van der Waals surface area (Å²) in [5.41, 5.74) is -1.36. The molecular weight excluding hydrogens is 919 g/mol. The number of azo groups is 2. The third-order valence-electron chi connectivity index (χ3n) is 10.3. The number of nitriles is 1. The number of hydrogen-bond acceptors (Lipinski definition) is 18. The first kappa shape index (κ1) is 45.4. The minimum Gasteiger partial charge on any atom is -0.495 e. The number of H-pyrrole nitrogens is 3. The van der Waals surface area contributed by atoms with Gasteiger partial charge in [-0.05, 0) is 42.5 Å². The Morgan fingerprint density at radius 3 is 1.93 bits per heavy atom. The summed E-state index contributed by atoms with van der Waals surface area (Å²) in [5, 5.41) is 51.1. The van der Waals surface area contributed by atoms with Gasteiger partial charge in [0.1, 0.15) is 29.0 Å². The molecule has 9 rings (SSSR count). The molecule has 26 nitrogen and oxygen atoms in total. The summed E-state index contributed by atoms with van der Waals surface area (Å²) in [7, 11) is 1.41. The minimum atomic E-state index is -1.69. The van der Waals surface area contributed by atoms with Crippen molar-refractivity contribution in [3.8, 4) is 23.7 Å². The molecule has 2 unspecified atom stereocenters. The number of rotatable bonds is 14. The van der Waals surface area contributed by atoms with Crippen molar-refractivity contribution in [1.29, 1.82) is 5.26 Å². The second-order valence-corrected chi connectivity index (χ2v) is 14.7. The topological polar surface area (TPSA) is 351 Å². The van der Waals surface area contributed by atoms with Crippen LogP contribution >= 0.6 is 0 Å². The Hall–Kier alpha value is -10.7. The van der Waals surface area contributed by atoms with Crippen molar-refractivity contribution in [2.45, 2.75) is 18.7 Å². The van der Waals surface area contributed by atoms with Gasteiger partial charge in [-0.15, -0.1) is 10.2 Å². The molecule has 0 saturated heterocycles. The summed E-state index contributed by atoms with van der Waals surface area (Å²) in [6.45, 7) is 7.44. The molecule has 0 saturated carbocycles. The highest BCUT2D eigenvalue weighted by Crippen LogP contribution is 2.33. The number of fused-ring (bicyclic) bond motifs is 2. The monoisotopic (exact) mass is 949 g/mol. The molecule has 71 heavy (non-hydrogen) atoms. The Balaban J connectivity index is 1.11. The molecule has 0 bridgehead atoms. The van der Waals surface area contributed by atoms with Crippen LogP contribution in [0.4, 0.5) is 28.7 Å². The quantitative estimate of drug-likeness (QED) is 0.0626. The van der Waals surface area contributed by atoms with E-state index in [1.165, 1.54) is 13.2 Å². The molecule has 5 heterocycles. The van der Waals surface area contributed by atoms with Crippen molar-refractivity contribution in [2.24, 2.45) is 20.5 Å². The number of methoxy groups -OCH3 is 1. The molecular formula is C45H31N19O7. The number of carbonyl (C=O) groups is 2. The lowest BCUT2D eigenvalue weighted by Crippen LogP contribution is -2.24. The third-order valence-corrected chi connectivity index (χ3v) is 10.3. The van der Waals surface area contributed by atoms with E-state index in [1.54, 1.807) is 91.0 Å². The van der Waals surface area contributed by atoms with Gasteiger partial charge in [-0.25, -0.2) is 19.6 Å². The highest BCUT2D eigenvalue weighted by molar-refractivity contribution is 5.97. The average Bonchev–Trinajstić information content (AvgIpc) is 4.00. The Morgan fingerprint density at radius 2 is 1.31 bits per heavy atom. The number of nitrogens with one attached hydrogen (secondary N) is 5. The molecule has 0 aliphatic carbocycles. The summed E-state index contributed by atoms with van der Waals surface area (Å²) in [5.74, 6) is -3.53. The van der Waals surface area contributed by atoms with Crippen LogP contribution in [0.25, 0.3) is 38.5 Å². The minimum absolute atomic E-state index is 0.224. The molecule has 0 aliphatic heterocycles. The summed E-state index contributed by atoms with van der Waals surface area (Å²) < 4.78 is 7.14. The molecule has 348 valence electrons. The van der Waals surface area contributed by atoms with Gasteiger partial charge in [0.05, 0.1) is 60.2 Å². The van der Waals surface area contributed by atoms with E-state index in [9.17, 15) is 34.3 Å². The van der Waals surface area contributed by atoms with E-state index < -0.39 is 59.2 Å². The molecule has 9 aromatic rings. The average molecular weight is 950 g/mol. The molecule has 0 aliphatic rings. The maximum absolute atomic E-state index is 14.1. The fourth-order valence-corrected chi connectivity index (χ4v) is 6.97. The zero-order valence-corrected chi connectivity index (χ0v) is 36.4. The number of aromatic amines is 3. The lowest BCUT2D eigenvalue weighted by molar-refractivity contribution is -0.118. The number of carbonyl (C=O) groups excluding carboxylic acids is 2. The van der Waals surface area contributed by atoms with Crippen molar-refractivity contribution >= 4 is 62.3 Å². The van der Waals surface area contributed by atoms with Crippen LogP contribution in [0.3, 0.4) is 0 Å². The Bertz CT molecular complexity index is 3650. The number of nitrogens with zero attached hydrogens (tertiary/aromatic N) is 14. The van der Waals surface area contributed by atoms with Gasteiger partial charge < -0.3 is 30.4 Å². The maximum Gasteiger partial charge on any atom is 0.351 e. The number of aromatic nitrogens is 11. The zero-order valence-electron chi connectivity index (χ0n) is 36.4. The van der Waals surface area contributed by atoms with E-state index in [4.69, 9.17) is 11.3 Å². The number of anilines is 2. The normalized spacial score (nSPS) is 12.2. The number of aliphatic hydroxyl groups is 1. The number of benzene rings is 4. The Morgan fingerprint density at radius 1 is 0.746 bits per heavy atom. The molecule has 26 heteroatoms. The first-order valence-electron chi connectivity index (χ1n) is 20.7. The zero-order chi connectivity index (χ0) is 49.6. The van der Waals surface area contributed by atoms with E-state index in [-0.39, 0.29) is 67.7 Å². The summed E-state index contributed by atoms with van der Waals surface area (Å²) in [6.07, 6.45) is 2.14. The molecule has 0 radical (unpaired) electrons. The van der Waals surface area contributed by atoms with E-state index in [0.29, 0.717) is 11.3 Å². The number of amides is 2. The van der Waals surface area contributed by atoms with Crippen LogP contribution in [0, 0.1) is 17.9 Å². The third kappa shape index (κ3) is 9.21. The summed E-state index contributed by atoms with van der Waals surface area (Å²) in [6, 6.07) is 24.3. The van der Waals surface area contributed by atoms with E-state index >= 15 is 0 Å². The lowest BCUT2D eigenvalue weighted by Gasteiger charge is -2.14. The molecule has 4 aromatic carbocycles. The van der Waals surface area contributed by atoms with Crippen molar-refractivity contribution in [3.05, 3.63) is 175 Å². The SMILES string of the molecule is [C-]#[N+]c1cnn(-c2nc(-n3ncc(C#N)c3N=NC(C(=O)Nc3ccccc3OC)c3nc4ccccc4c(=O)[nH]3)nc(=O)[nH]2)c1N=NC(C(=O)Nc1ccccc1CO)c1nc2ccccc2c(=O)[nH]1. The first-order valence-corrected chi connectivity index (χ1v) is 20.7. The van der Waals surface area contributed by atoms with Crippen LogP contribution < -0.4 is 32.2 Å². The number of hydrogen-bond donors (Lipinski definition) is 6. The number of para-hydroxylation sites is 5. The van der Waals surface area contributed by atoms with Gasteiger partial charge in [-0.3, -0.25) is 24.2 Å². The van der Waals surface area contributed by atoms with Crippen LogP contribution in [0.15, 0.2) is 144 Å². The highest BCUT2D eigenvalue weighted by atomic mass is 16.5. The number of aliphatic hydroxyl groups excluding tert-OH is 1. The van der Waals surface area contributed by atoms with Crippen LogP contribution in [-0.2, 0) is 16.2 Å². The first-order chi connectivity index (χ1) is 34.6. The van der Waals surface area contributed by atoms with Crippen molar-refractivity contribution < 1.29 is 19.4 Å². The Labute approximate surface area is 396 Å². The predicted octanol–water partition coefficient (Wildman–Crippen LogP) is 4.86. The van der Waals surface area contributed by atoms with Gasteiger partial charge in [0.15, 0.2) is 11.6 Å². The molecule has 2 amide bonds. The van der Waals surface area contributed by atoms with Gasteiger partial charge >= 0.3 is 5.69 Å². The standard InChI is InChI=1S/C45H31N19O7/c1-47-31-21-49-64(38(31)62-60-33(41(68)52-27-14-6-3-11-23(27)22-65)35-50-28-15-7-4-12-25(28)39(66)54-35)44-56-43(57-45(70)58-44)63-37(24(19-46)20-48-63)61-59-34(42(69)53-30-17-9-10-18-32(30)71-2)36-51-29-16-8-5-13-26(29)40(67)55-36/h3-18,20-21,33-34,65H,22H2,2H3,(H,52,68)(H,53,69)(H,50,54,66)(H,51,55,67)(H,56,57,58,70). The summed E-state index contributed by atoms with van der Waals surface area (Å²) >= 11 is 0. The molecule has 6 N–H and O–H groups in total. The van der Waals surface area contributed by atoms with Gasteiger partial charge in [0.2, 0.25) is 18.0 Å². The van der Waals surface area contributed by atoms with Crippen LogP contribution in [0.2, 0.25) is 0 Å². The van der Waals surface area contributed by atoms with Crippen LogP contribution in [0.1, 0.15) is 34.9 Å². The molecule has 0 spiro atoms. The number of ether oxygens (including phenoxy) is 1. The fraction of sp³-hybridized carbons (Fsp3) is 0.0889. The second kappa shape index (κ2) is 19.6. The van der Waals surface area contributed by atoms with Crippen LogP contribution in [-0.4, -0.2) is 78.5 Å². The smallest absolute Gasteiger partial charge is 0.351 e. The summed E-state index contributed by atoms with van der Waals surface area (Å²) in [4.78, 5) is 96.0. The molecule has 5 aromatic heterocycles. The maximum atomic E-state index is 14.1. The van der Waals surface area contributed by atoms with Crippen molar-refractivity contribution in [1.82, 2.24) is 54.4 Å². The molecule has 0 fully saturated rings. The van der Waals surface area contributed by atoms with E-state index in [1.807, 2.05) is 6.07 Å². The largest absolute Gasteiger partial charge is 0.495 e. The van der Waals surface area contributed by atoms with E-state index in [2.05, 4.69) is 81.0 Å². The van der Waals surface area contributed by atoms with Crippen molar-refractivity contribution in [3.63, 3.8) is 0 Å². The van der Waals surface area contributed by atoms with Gasteiger partial charge in [-0.1, -0.05) is 54.6 Å². The highest BCUT2D eigenvalue weighted by Gasteiger charge is 2.28. The van der Waals surface area contributed by atoms with E-state index in [0.717, 1.165) is 21.8 Å². The molecule has 2 atom stereocenters. The van der Waals surface area contributed by atoms with Crippen molar-refractivity contribution in [2.75, 3.05) is 17.7 Å². The van der Waals surface area contributed by atoms with Gasteiger partial charge in [-0.2, -0.15) is 45.0 Å². The van der Waals surface area contributed by atoms with Gasteiger partial charge in [0, 0.05) is 11.3 Å². The Kier molecular flexibility index (Phi) is 12.6. The predicted molar refractivity (Wildman–Crippen MR) is 250 cm³/mol. The fourth-order valence-electron chi connectivity index (χ4n) is 6.97. The second-order valence-electron chi connectivity index (χ2n) is 14.7. The lowest BCUT2D eigenvalue weighted by atomic mass is 10.1. The van der Waals surface area contributed by atoms with Crippen LogP contribution in [0.5, 0.6) is 5.75 Å².